The Bertz CT molecular complexity index is 2980. The van der Waals surface area contributed by atoms with Gasteiger partial charge >= 0.3 is 0 Å². The van der Waals surface area contributed by atoms with Crippen molar-refractivity contribution >= 4 is 49.8 Å². The lowest BCUT2D eigenvalue weighted by molar-refractivity contribution is 1.12. The molecule has 55 heavy (non-hydrogen) atoms. The zero-order chi connectivity index (χ0) is 36.6. The number of fused-ring (bicyclic) bond motifs is 3. The minimum absolute atomic E-state index is 0.606. The van der Waals surface area contributed by atoms with Crippen molar-refractivity contribution in [3.05, 3.63) is 212 Å². The first-order valence-corrected chi connectivity index (χ1v) is 18.7. The fraction of sp³-hybridized carbons (Fsp3) is 0. The molecule has 0 aliphatic rings. The van der Waals surface area contributed by atoms with Crippen LogP contribution in [0.3, 0.4) is 0 Å². The second-order valence-corrected chi connectivity index (χ2v) is 13.8. The Morgan fingerprint density at radius 1 is 0.309 bits per heavy atom. The molecule has 0 amide bonds. The van der Waals surface area contributed by atoms with Crippen LogP contribution in [-0.4, -0.2) is 9.97 Å². The van der Waals surface area contributed by atoms with Gasteiger partial charge < -0.3 is 0 Å². The first kappa shape index (κ1) is 32.3. The molecule has 10 aromatic rings. The number of nitrogens with zero attached hydrogens (tertiary/aromatic N) is 3. The maximum Gasteiger partial charge on any atom is 0.235 e. The molecule has 1 heterocycles. The van der Waals surface area contributed by atoms with E-state index >= 15 is 0 Å². The highest BCUT2D eigenvalue weighted by molar-refractivity contribution is 6.02. The molecule has 258 valence electrons. The molecule has 0 fully saturated rings. The molecule has 1 aromatic heterocycles. The summed E-state index contributed by atoms with van der Waals surface area (Å²) < 4.78 is 0. The molecular formula is C52H35N3. The van der Waals surface area contributed by atoms with E-state index in [1.165, 1.54) is 21.9 Å². The Balaban J connectivity index is 1.23. The average Bonchev–Trinajstić information content (AvgIpc) is 3.27. The number of hydrogen-bond acceptors (Lipinski definition) is 3. The first-order valence-electron chi connectivity index (χ1n) is 18.7. The van der Waals surface area contributed by atoms with Gasteiger partial charge in [-0.2, -0.15) is 0 Å². The molecule has 0 saturated heterocycles. The molecule has 0 bridgehead atoms. The van der Waals surface area contributed by atoms with E-state index in [0.29, 0.717) is 5.95 Å². The lowest BCUT2D eigenvalue weighted by atomic mass is 9.94. The summed E-state index contributed by atoms with van der Waals surface area (Å²) in [5, 5.41) is 5.65. The van der Waals surface area contributed by atoms with E-state index < -0.39 is 0 Å². The number of benzene rings is 9. The summed E-state index contributed by atoms with van der Waals surface area (Å²) in [6.45, 7) is 0. The third-order valence-electron chi connectivity index (χ3n) is 10.4. The number of aromatic nitrogens is 2. The highest BCUT2D eigenvalue weighted by atomic mass is 15.3. The standard InChI is InChI=1S/C52H35N3/c1-3-15-36(16-4-1)41-23-13-24-42(33-41)43-31-32-50(47(35-43)39-18-5-2-6-19-39)55(49-28-14-22-38-20-9-10-25-45(38)49)52-53-48-27-12-11-26-46(48)51(54-52)44-30-29-37-17-7-8-21-40(37)34-44/h1-35H. The normalized spacial score (nSPS) is 11.3. The summed E-state index contributed by atoms with van der Waals surface area (Å²) in [5.74, 6) is 0.606. The Hall–Kier alpha value is -7.36. The topological polar surface area (TPSA) is 29.0 Å². The van der Waals surface area contributed by atoms with Gasteiger partial charge in [0.15, 0.2) is 0 Å². The van der Waals surface area contributed by atoms with Gasteiger partial charge in [-0.25, -0.2) is 9.97 Å². The maximum atomic E-state index is 5.51. The number of anilines is 3. The largest absolute Gasteiger partial charge is 0.278 e. The van der Waals surface area contributed by atoms with Crippen LogP contribution in [0.5, 0.6) is 0 Å². The van der Waals surface area contributed by atoms with Crippen LogP contribution in [0.1, 0.15) is 0 Å². The highest BCUT2D eigenvalue weighted by Gasteiger charge is 2.24. The predicted octanol–water partition coefficient (Wildman–Crippen LogP) is 14.1. The second-order valence-electron chi connectivity index (χ2n) is 13.8. The van der Waals surface area contributed by atoms with Crippen LogP contribution in [0.2, 0.25) is 0 Å². The van der Waals surface area contributed by atoms with Crippen molar-refractivity contribution in [3.8, 4) is 44.6 Å². The fourth-order valence-corrected chi connectivity index (χ4v) is 7.74. The SMILES string of the molecule is c1ccc(-c2cccc(-c3ccc(N(c4nc(-c5ccc6ccccc6c5)c5ccccc5n4)c4cccc5ccccc45)c(-c4ccccc4)c3)c2)cc1. The van der Waals surface area contributed by atoms with Crippen molar-refractivity contribution in [2.24, 2.45) is 0 Å². The molecule has 3 nitrogen and oxygen atoms in total. The molecule has 0 unspecified atom stereocenters. The average molecular weight is 702 g/mol. The van der Waals surface area contributed by atoms with Crippen molar-refractivity contribution in [1.29, 1.82) is 0 Å². The predicted molar refractivity (Wildman–Crippen MR) is 231 cm³/mol. The van der Waals surface area contributed by atoms with Gasteiger partial charge in [-0.05, 0) is 80.4 Å². The summed E-state index contributed by atoms with van der Waals surface area (Å²) in [6, 6.07) is 75.3. The molecule has 9 aromatic carbocycles. The molecule has 0 radical (unpaired) electrons. The third-order valence-corrected chi connectivity index (χ3v) is 10.4. The zero-order valence-corrected chi connectivity index (χ0v) is 30.0. The summed E-state index contributed by atoms with van der Waals surface area (Å²) in [6.07, 6.45) is 0. The Kier molecular flexibility index (Phi) is 8.16. The van der Waals surface area contributed by atoms with Gasteiger partial charge in [-0.3, -0.25) is 4.90 Å². The van der Waals surface area contributed by atoms with Crippen LogP contribution in [0, 0.1) is 0 Å². The Morgan fingerprint density at radius 3 is 1.71 bits per heavy atom. The first-order chi connectivity index (χ1) is 27.3. The maximum absolute atomic E-state index is 5.51. The van der Waals surface area contributed by atoms with Gasteiger partial charge in [-0.1, -0.05) is 176 Å². The summed E-state index contributed by atoms with van der Waals surface area (Å²) in [4.78, 5) is 13.1. The number of rotatable bonds is 7. The van der Waals surface area contributed by atoms with E-state index in [4.69, 9.17) is 9.97 Å². The van der Waals surface area contributed by atoms with E-state index in [0.717, 1.165) is 66.6 Å². The van der Waals surface area contributed by atoms with E-state index in [1.807, 2.05) is 0 Å². The molecule has 10 rings (SSSR count). The second kappa shape index (κ2) is 13.9. The third kappa shape index (κ3) is 6.08. The Labute approximate surface area is 320 Å². The van der Waals surface area contributed by atoms with Crippen LogP contribution in [-0.2, 0) is 0 Å². The molecule has 0 N–H and O–H groups in total. The van der Waals surface area contributed by atoms with Gasteiger partial charge in [0, 0.05) is 21.9 Å². The van der Waals surface area contributed by atoms with Crippen molar-refractivity contribution in [1.82, 2.24) is 9.97 Å². The number of hydrogen-bond donors (Lipinski definition) is 0. The quantitative estimate of drug-likeness (QED) is 0.166. The van der Waals surface area contributed by atoms with Crippen LogP contribution < -0.4 is 4.90 Å². The smallest absolute Gasteiger partial charge is 0.235 e. The van der Waals surface area contributed by atoms with Crippen molar-refractivity contribution in [2.75, 3.05) is 4.90 Å². The van der Waals surface area contributed by atoms with Crippen LogP contribution in [0.25, 0.3) is 77.1 Å². The van der Waals surface area contributed by atoms with Crippen LogP contribution >= 0.6 is 0 Å². The van der Waals surface area contributed by atoms with Gasteiger partial charge in [0.1, 0.15) is 0 Å². The zero-order valence-electron chi connectivity index (χ0n) is 30.0. The lowest BCUT2D eigenvalue weighted by Gasteiger charge is -2.28. The van der Waals surface area contributed by atoms with Gasteiger partial charge in [-0.15, -0.1) is 0 Å². The molecule has 0 atom stereocenters. The van der Waals surface area contributed by atoms with Crippen molar-refractivity contribution in [2.45, 2.75) is 0 Å². The minimum Gasteiger partial charge on any atom is -0.278 e. The minimum atomic E-state index is 0.606. The molecular weight excluding hydrogens is 667 g/mol. The van der Waals surface area contributed by atoms with Crippen LogP contribution in [0.4, 0.5) is 17.3 Å². The molecule has 0 saturated carbocycles. The van der Waals surface area contributed by atoms with Gasteiger partial charge in [0.25, 0.3) is 0 Å². The van der Waals surface area contributed by atoms with Crippen molar-refractivity contribution < 1.29 is 0 Å². The molecule has 0 aliphatic heterocycles. The van der Waals surface area contributed by atoms with E-state index in [1.54, 1.807) is 0 Å². The van der Waals surface area contributed by atoms with Gasteiger partial charge in [0.05, 0.1) is 22.6 Å². The summed E-state index contributed by atoms with van der Waals surface area (Å²) >= 11 is 0. The van der Waals surface area contributed by atoms with Crippen LogP contribution in [0.15, 0.2) is 212 Å². The van der Waals surface area contributed by atoms with E-state index in [-0.39, 0.29) is 0 Å². The van der Waals surface area contributed by atoms with E-state index in [9.17, 15) is 0 Å². The van der Waals surface area contributed by atoms with Gasteiger partial charge in [0.2, 0.25) is 5.95 Å². The van der Waals surface area contributed by atoms with E-state index in [2.05, 4.69) is 217 Å². The number of para-hydroxylation sites is 1. The monoisotopic (exact) mass is 701 g/mol. The fourth-order valence-electron chi connectivity index (χ4n) is 7.74. The molecule has 3 heteroatoms. The summed E-state index contributed by atoms with van der Waals surface area (Å²) in [5.41, 5.74) is 11.7. The Morgan fingerprint density at radius 2 is 0.891 bits per heavy atom. The molecule has 0 spiro atoms. The van der Waals surface area contributed by atoms with Crippen molar-refractivity contribution in [3.63, 3.8) is 0 Å². The molecule has 0 aliphatic carbocycles. The summed E-state index contributed by atoms with van der Waals surface area (Å²) in [7, 11) is 0. The lowest BCUT2D eigenvalue weighted by Crippen LogP contribution is -2.15. The highest BCUT2D eigenvalue weighted by Crippen LogP contribution is 2.45.